The van der Waals surface area contributed by atoms with Gasteiger partial charge >= 0.3 is 12.1 Å². The van der Waals surface area contributed by atoms with Crippen molar-refractivity contribution in [3.8, 4) is 0 Å². The molecule has 0 aromatic carbocycles. The number of amides is 1. The average Bonchev–Trinajstić information content (AvgIpc) is 3.46. The number of pyridine rings is 1. The number of fused-ring (bicyclic) bond motifs is 1. The minimum Gasteiger partial charge on any atom is -0.475 e. The molecule has 168 valence electrons. The van der Waals surface area contributed by atoms with Crippen LogP contribution in [0.5, 0.6) is 0 Å². The Balaban J connectivity index is 0.000000339. The van der Waals surface area contributed by atoms with Crippen molar-refractivity contribution in [3.63, 3.8) is 0 Å². The molecule has 2 aromatic heterocycles. The van der Waals surface area contributed by atoms with Crippen LogP contribution in [0.25, 0.3) is 0 Å². The molecule has 1 aliphatic carbocycles. The molecule has 1 saturated carbocycles. The Morgan fingerprint density at radius 3 is 2.45 bits per heavy atom. The first-order chi connectivity index (χ1) is 14.7. The monoisotopic (exact) mass is 440 g/mol. The topological polar surface area (TPSA) is 97.5 Å². The van der Waals surface area contributed by atoms with Crippen LogP contribution in [0.15, 0.2) is 30.7 Å². The van der Waals surface area contributed by atoms with Gasteiger partial charge in [-0.2, -0.15) is 18.3 Å². The number of aliphatic carboxylic acids is 1. The van der Waals surface area contributed by atoms with E-state index in [4.69, 9.17) is 14.6 Å². The summed E-state index contributed by atoms with van der Waals surface area (Å²) in [7, 11) is 1.71. The molecule has 1 atom stereocenters. The number of aromatic nitrogens is 3. The zero-order chi connectivity index (χ0) is 22.6. The van der Waals surface area contributed by atoms with E-state index in [1.807, 2.05) is 11.1 Å². The van der Waals surface area contributed by atoms with E-state index in [-0.39, 0.29) is 11.8 Å². The molecule has 2 aliphatic rings. The van der Waals surface area contributed by atoms with Crippen LogP contribution in [-0.4, -0.2) is 63.1 Å². The van der Waals surface area contributed by atoms with Crippen LogP contribution in [0.2, 0.25) is 0 Å². The minimum absolute atomic E-state index is 0.0447. The first-order valence-corrected chi connectivity index (χ1v) is 9.73. The zero-order valence-corrected chi connectivity index (χ0v) is 16.9. The minimum atomic E-state index is -5.08. The van der Waals surface area contributed by atoms with Gasteiger partial charge in [-0.25, -0.2) is 4.79 Å². The lowest BCUT2D eigenvalue weighted by atomic mass is 9.95. The van der Waals surface area contributed by atoms with Crippen molar-refractivity contribution in [3.05, 3.63) is 47.5 Å². The summed E-state index contributed by atoms with van der Waals surface area (Å²) in [5.74, 6) is -1.78. The Bertz CT molecular complexity index is 913. The fraction of sp³-hybridized carbons (Fsp3) is 0.500. The summed E-state index contributed by atoms with van der Waals surface area (Å²) in [5.41, 5.74) is 3.08. The highest BCUT2D eigenvalue weighted by Gasteiger charge is 2.38. The van der Waals surface area contributed by atoms with Crippen molar-refractivity contribution < 1.29 is 32.6 Å². The Hall–Kier alpha value is -2.95. The fourth-order valence-corrected chi connectivity index (χ4v) is 3.43. The fourth-order valence-electron chi connectivity index (χ4n) is 3.43. The molecule has 0 radical (unpaired) electrons. The van der Waals surface area contributed by atoms with Crippen molar-refractivity contribution in [1.29, 1.82) is 0 Å². The van der Waals surface area contributed by atoms with Gasteiger partial charge in [0.1, 0.15) is 0 Å². The number of carboxylic acids is 1. The van der Waals surface area contributed by atoms with Crippen LogP contribution in [0.1, 0.15) is 40.4 Å². The molecule has 0 bridgehead atoms. The van der Waals surface area contributed by atoms with Gasteiger partial charge in [-0.3, -0.25) is 14.5 Å². The smallest absolute Gasteiger partial charge is 0.475 e. The lowest BCUT2D eigenvalue weighted by Crippen LogP contribution is -2.40. The molecular formula is C20H23F3N4O4. The van der Waals surface area contributed by atoms with E-state index < -0.39 is 12.1 Å². The van der Waals surface area contributed by atoms with Crippen molar-refractivity contribution >= 4 is 11.9 Å². The largest absolute Gasteiger partial charge is 0.490 e. The van der Waals surface area contributed by atoms with Crippen LogP contribution in [0, 0.1) is 5.92 Å². The summed E-state index contributed by atoms with van der Waals surface area (Å²) in [5, 5.41) is 11.7. The Morgan fingerprint density at radius 1 is 1.26 bits per heavy atom. The lowest BCUT2D eigenvalue weighted by Gasteiger charge is -2.33. The second-order valence-corrected chi connectivity index (χ2v) is 7.55. The molecule has 1 amide bonds. The van der Waals surface area contributed by atoms with Crippen LogP contribution < -0.4 is 0 Å². The van der Waals surface area contributed by atoms with Crippen molar-refractivity contribution in [1.82, 2.24) is 19.7 Å². The molecule has 1 fully saturated rings. The molecule has 1 aliphatic heterocycles. The van der Waals surface area contributed by atoms with E-state index in [2.05, 4.69) is 14.8 Å². The van der Waals surface area contributed by atoms with Gasteiger partial charge in [-0.05, 0) is 30.9 Å². The van der Waals surface area contributed by atoms with Gasteiger partial charge in [0.25, 0.3) is 5.91 Å². The van der Waals surface area contributed by atoms with Gasteiger partial charge in [0, 0.05) is 49.6 Å². The van der Waals surface area contributed by atoms with Crippen molar-refractivity contribution in [2.24, 2.45) is 5.92 Å². The van der Waals surface area contributed by atoms with E-state index in [0.29, 0.717) is 25.3 Å². The van der Waals surface area contributed by atoms with E-state index >= 15 is 0 Å². The number of alkyl halides is 3. The number of carboxylic acid groups (broad SMARTS) is 1. The van der Waals surface area contributed by atoms with Crippen LogP contribution in [0.4, 0.5) is 13.2 Å². The molecule has 1 unspecified atom stereocenters. The number of carbonyl (C=O) groups excluding carboxylic acids is 1. The molecule has 0 spiro atoms. The van der Waals surface area contributed by atoms with Gasteiger partial charge in [0.05, 0.1) is 25.0 Å². The third-order valence-corrected chi connectivity index (χ3v) is 5.16. The number of carbonyl (C=O) groups is 2. The molecule has 4 rings (SSSR count). The normalized spacial score (nSPS) is 18.1. The number of halogens is 3. The second-order valence-electron chi connectivity index (χ2n) is 7.55. The number of methoxy groups -OCH3 is 1. The average molecular weight is 440 g/mol. The van der Waals surface area contributed by atoms with E-state index in [1.165, 1.54) is 18.4 Å². The quantitative estimate of drug-likeness (QED) is 0.768. The number of hydrogen-bond acceptors (Lipinski definition) is 5. The van der Waals surface area contributed by atoms with Crippen molar-refractivity contribution in [2.45, 2.75) is 38.0 Å². The van der Waals surface area contributed by atoms with Gasteiger partial charge in [-0.15, -0.1) is 0 Å². The summed E-state index contributed by atoms with van der Waals surface area (Å²) in [6.07, 6.45) is 2.78. The molecule has 31 heavy (non-hydrogen) atoms. The number of rotatable bonds is 5. The molecular weight excluding hydrogens is 417 g/mol. The van der Waals surface area contributed by atoms with Crippen molar-refractivity contribution in [2.75, 3.05) is 20.3 Å². The molecule has 2 aromatic rings. The first kappa shape index (κ1) is 22.7. The predicted molar refractivity (Wildman–Crippen MR) is 102 cm³/mol. The SMILES string of the molecule is COCC1CN(C(=O)c2ccncc2)Cc2c1cnn2CC1CC1.O=C(O)C(F)(F)F. The molecule has 1 N–H and O–H groups in total. The number of ether oxygens (including phenoxy) is 1. The third kappa shape index (κ3) is 5.81. The second kappa shape index (κ2) is 9.46. The van der Waals surface area contributed by atoms with Crippen LogP contribution in [0.3, 0.4) is 0 Å². The molecule has 3 heterocycles. The van der Waals surface area contributed by atoms with Gasteiger partial charge in [0.15, 0.2) is 0 Å². The Kier molecular flexibility index (Phi) is 6.94. The van der Waals surface area contributed by atoms with Gasteiger partial charge in [-0.1, -0.05) is 0 Å². The summed E-state index contributed by atoms with van der Waals surface area (Å²) in [6, 6.07) is 3.54. The van der Waals surface area contributed by atoms with E-state index in [0.717, 1.165) is 18.2 Å². The third-order valence-electron chi connectivity index (χ3n) is 5.16. The van der Waals surface area contributed by atoms with Crippen LogP contribution >= 0.6 is 0 Å². The maximum atomic E-state index is 12.9. The first-order valence-electron chi connectivity index (χ1n) is 9.73. The summed E-state index contributed by atoms with van der Waals surface area (Å²) < 4.78 is 39.2. The standard InChI is InChI=1S/C18H22N4O2.C2HF3O2/c1-24-12-15-10-21(18(23)14-4-6-19-7-5-14)11-17-16(15)8-20-22(17)9-13-2-3-13;3-2(4,5)1(6)7/h4-8,13,15H,2-3,9-12H2,1H3;(H,6,7). The number of nitrogens with zero attached hydrogens (tertiary/aromatic N) is 4. The Morgan fingerprint density at radius 2 is 1.90 bits per heavy atom. The maximum absolute atomic E-state index is 12.9. The van der Waals surface area contributed by atoms with Crippen LogP contribution in [-0.2, 0) is 22.6 Å². The highest BCUT2D eigenvalue weighted by atomic mass is 19.4. The molecule has 0 saturated heterocycles. The maximum Gasteiger partial charge on any atom is 0.490 e. The van der Waals surface area contributed by atoms with E-state index in [1.54, 1.807) is 31.6 Å². The van der Waals surface area contributed by atoms with Gasteiger partial charge < -0.3 is 14.7 Å². The predicted octanol–water partition coefficient (Wildman–Crippen LogP) is 2.71. The van der Waals surface area contributed by atoms with Gasteiger partial charge in [0.2, 0.25) is 0 Å². The molecule has 8 nitrogen and oxygen atoms in total. The highest BCUT2D eigenvalue weighted by Crippen LogP contribution is 2.34. The summed E-state index contributed by atoms with van der Waals surface area (Å²) in [6.45, 7) is 2.84. The zero-order valence-electron chi connectivity index (χ0n) is 16.9. The number of hydrogen-bond donors (Lipinski definition) is 1. The highest BCUT2D eigenvalue weighted by molar-refractivity contribution is 5.94. The Labute approximate surface area is 176 Å². The van der Waals surface area contributed by atoms with E-state index in [9.17, 15) is 18.0 Å². The summed E-state index contributed by atoms with van der Waals surface area (Å²) in [4.78, 5) is 27.7. The lowest BCUT2D eigenvalue weighted by molar-refractivity contribution is -0.192. The molecule has 11 heteroatoms. The summed E-state index contributed by atoms with van der Waals surface area (Å²) >= 11 is 0.